The van der Waals surface area contributed by atoms with Crippen LogP contribution in [0.25, 0.3) is 0 Å². The topological polar surface area (TPSA) is 70.7 Å². The number of amides is 1. The molecule has 1 aromatic heterocycles. The van der Waals surface area contributed by atoms with Crippen molar-refractivity contribution in [2.45, 2.75) is 18.9 Å². The summed E-state index contributed by atoms with van der Waals surface area (Å²) in [6.45, 7) is 0. The first-order valence-corrected chi connectivity index (χ1v) is 5.69. The largest absolute Gasteiger partial charge is 0.344 e. The lowest BCUT2D eigenvalue weighted by Gasteiger charge is -2.12. The fourth-order valence-electron chi connectivity index (χ4n) is 2.27. The summed E-state index contributed by atoms with van der Waals surface area (Å²) in [4.78, 5) is 11.8. The number of hydrogen-bond donors (Lipinski definition) is 2. The smallest absolute Gasteiger partial charge is 0.273 e. The van der Waals surface area contributed by atoms with Crippen LogP contribution in [0.2, 0.25) is 0 Å². The first-order valence-electron chi connectivity index (χ1n) is 5.69. The number of aromatic amines is 1. The lowest BCUT2D eigenvalue weighted by Crippen LogP contribution is -2.27. The van der Waals surface area contributed by atoms with Crippen molar-refractivity contribution in [1.29, 1.82) is 0 Å². The number of benzene rings is 1. The van der Waals surface area contributed by atoms with Gasteiger partial charge in [-0.05, 0) is 36.1 Å². The second-order valence-corrected chi connectivity index (χ2v) is 4.26. The molecule has 2 N–H and O–H groups in total. The summed E-state index contributed by atoms with van der Waals surface area (Å²) in [5, 5.41) is 12.5. The maximum Gasteiger partial charge on any atom is 0.273 e. The van der Waals surface area contributed by atoms with Crippen LogP contribution in [0.3, 0.4) is 0 Å². The Bertz CT molecular complexity index is 582. The molecule has 0 saturated carbocycles. The molecule has 92 valence electrons. The Balaban J connectivity index is 1.81. The van der Waals surface area contributed by atoms with Gasteiger partial charge in [0, 0.05) is 0 Å². The minimum atomic E-state index is -0.300. The number of halogens is 1. The Morgan fingerprint density at radius 3 is 3.17 bits per heavy atom. The van der Waals surface area contributed by atoms with Crippen molar-refractivity contribution in [3.8, 4) is 0 Å². The number of hydrogen-bond acceptors (Lipinski definition) is 3. The van der Waals surface area contributed by atoms with Gasteiger partial charge in [-0.2, -0.15) is 15.4 Å². The second kappa shape index (κ2) is 4.21. The quantitative estimate of drug-likeness (QED) is 0.840. The van der Waals surface area contributed by atoms with Crippen molar-refractivity contribution in [3.63, 3.8) is 0 Å². The highest BCUT2D eigenvalue weighted by Gasteiger charge is 2.25. The zero-order valence-electron chi connectivity index (χ0n) is 9.48. The molecule has 1 aliphatic carbocycles. The predicted molar refractivity (Wildman–Crippen MR) is 61.3 cm³/mol. The van der Waals surface area contributed by atoms with E-state index in [0.29, 0.717) is 0 Å². The molecule has 0 fully saturated rings. The molecule has 0 aliphatic heterocycles. The Labute approximate surface area is 102 Å². The fraction of sp³-hybridized carbons (Fsp3) is 0.250. The third kappa shape index (κ3) is 1.85. The van der Waals surface area contributed by atoms with Gasteiger partial charge in [0.15, 0.2) is 5.69 Å². The maximum absolute atomic E-state index is 13.2. The summed E-state index contributed by atoms with van der Waals surface area (Å²) in [5.74, 6) is -0.581. The summed E-state index contributed by atoms with van der Waals surface area (Å²) >= 11 is 0. The van der Waals surface area contributed by atoms with E-state index >= 15 is 0 Å². The van der Waals surface area contributed by atoms with Crippen LogP contribution >= 0.6 is 0 Å². The highest BCUT2D eigenvalue weighted by Crippen LogP contribution is 2.31. The molecular weight excluding hydrogens is 235 g/mol. The molecule has 0 radical (unpaired) electrons. The molecule has 2 aromatic rings. The first kappa shape index (κ1) is 10.9. The van der Waals surface area contributed by atoms with E-state index in [0.717, 1.165) is 24.0 Å². The highest BCUT2D eigenvalue weighted by atomic mass is 19.1. The van der Waals surface area contributed by atoms with Gasteiger partial charge in [-0.3, -0.25) is 4.79 Å². The van der Waals surface area contributed by atoms with E-state index in [2.05, 4.69) is 20.7 Å². The number of carbonyl (C=O) groups is 1. The Morgan fingerprint density at radius 1 is 1.50 bits per heavy atom. The lowest BCUT2D eigenvalue weighted by atomic mass is 10.1. The monoisotopic (exact) mass is 246 g/mol. The molecule has 0 unspecified atom stereocenters. The van der Waals surface area contributed by atoms with Gasteiger partial charge in [0.1, 0.15) is 5.82 Å². The van der Waals surface area contributed by atoms with Crippen LogP contribution < -0.4 is 5.32 Å². The molecule has 18 heavy (non-hydrogen) atoms. The van der Waals surface area contributed by atoms with E-state index in [1.165, 1.54) is 18.3 Å². The van der Waals surface area contributed by atoms with E-state index < -0.39 is 0 Å². The fourth-order valence-corrected chi connectivity index (χ4v) is 2.27. The highest BCUT2D eigenvalue weighted by molar-refractivity contribution is 5.92. The van der Waals surface area contributed by atoms with E-state index in [-0.39, 0.29) is 23.5 Å². The minimum absolute atomic E-state index is 0.153. The number of rotatable bonds is 2. The molecular formula is C12H11FN4O. The standard InChI is InChI=1S/C12H11FN4O/c13-8-3-1-7-2-4-10(9(7)5-8)15-12(18)11-6-14-17-16-11/h1,3,5-6,10H,2,4H2,(H,15,18)(H,14,16,17)/t10-/m1/s1. The van der Waals surface area contributed by atoms with Gasteiger partial charge in [0.05, 0.1) is 12.2 Å². The lowest BCUT2D eigenvalue weighted by molar-refractivity contribution is 0.0931. The van der Waals surface area contributed by atoms with Gasteiger partial charge in [-0.25, -0.2) is 4.39 Å². The van der Waals surface area contributed by atoms with E-state index in [1.807, 2.05) is 0 Å². The zero-order valence-corrected chi connectivity index (χ0v) is 9.48. The summed E-state index contributed by atoms with van der Waals surface area (Å²) in [5.41, 5.74) is 2.17. The van der Waals surface area contributed by atoms with Gasteiger partial charge >= 0.3 is 0 Å². The van der Waals surface area contributed by atoms with Gasteiger partial charge in [0.2, 0.25) is 0 Å². The SMILES string of the molecule is O=C(N[C@@H]1CCc2ccc(F)cc21)c1cn[nH]n1. The van der Waals surface area contributed by atoms with Crippen molar-refractivity contribution in [3.05, 3.63) is 47.0 Å². The number of carbonyl (C=O) groups excluding carboxylic acids is 1. The molecule has 1 heterocycles. The van der Waals surface area contributed by atoms with Crippen LogP contribution in [0.15, 0.2) is 24.4 Å². The van der Waals surface area contributed by atoms with Crippen LogP contribution in [0.4, 0.5) is 4.39 Å². The summed E-state index contributed by atoms with van der Waals surface area (Å²) in [6, 6.07) is 4.55. The number of H-pyrrole nitrogens is 1. The first-order chi connectivity index (χ1) is 8.74. The molecule has 1 aromatic carbocycles. The van der Waals surface area contributed by atoms with Crippen molar-refractivity contribution >= 4 is 5.91 Å². The van der Waals surface area contributed by atoms with E-state index in [1.54, 1.807) is 6.07 Å². The number of nitrogens with zero attached hydrogens (tertiary/aromatic N) is 2. The van der Waals surface area contributed by atoms with E-state index in [9.17, 15) is 9.18 Å². The van der Waals surface area contributed by atoms with Gasteiger partial charge < -0.3 is 5.32 Å². The van der Waals surface area contributed by atoms with Crippen molar-refractivity contribution in [2.24, 2.45) is 0 Å². The summed E-state index contributed by atoms with van der Waals surface area (Å²) in [7, 11) is 0. The molecule has 0 spiro atoms. The van der Waals surface area contributed by atoms with Crippen LogP contribution in [0.5, 0.6) is 0 Å². The summed E-state index contributed by atoms with van der Waals surface area (Å²) in [6.07, 6.45) is 2.98. The third-order valence-corrected chi connectivity index (χ3v) is 3.14. The normalized spacial score (nSPS) is 17.5. The molecule has 6 heteroatoms. The number of aromatic nitrogens is 3. The van der Waals surface area contributed by atoms with Crippen LogP contribution in [-0.2, 0) is 6.42 Å². The molecule has 1 amide bonds. The number of aryl methyl sites for hydroxylation is 1. The van der Waals surface area contributed by atoms with E-state index in [4.69, 9.17) is 0 Å². The van der Waals surface area contributed by atoms with Gasteiger partial charge in [-0.1, -0.05) is 6.07 Å². The average molecular weight is 246 g/mol. The number of nitrogens with one attached hydrogen (secondary N) is 2. The second-order valence-electron chi connectivity index (χ2n) is 4.26. The molecule has 5 nitrogen and oxygen atoms in total. The van der Waals surface area contributed by atoms with Crippen LogP contribution in [-0.4, -0.2) is 21.3 Å². The number of fused-ring (bicyclic) bond motifs is 1. The summed E-state index contributed by atoms with van der Waals surface area (Å²) < 4.78 is 13.2. The maximum atomic E-state index is 13.2. The van der Waals surface area contributed by atoms with Crippen LogP contribution in [0, 0.1) is 5.82 Å². The minimum Gasteiger partial charge on any atom is -0.344 e. The Hall–Kier alpha value is -2.24. The van der Waals surface area contributed by atoms with Crippen molar-refractivity contribution in [1.82, 2.24) is 20.7 Å². The molecule has 0 bridgehead atoms. The molecule has 0 saturated heterocycles. The van der Waals surface area contributed by atoms with Crippen molar-refractivity contribution in [2.75, 3.05) is 0 Å². The van der Waals surface area contributed by atoms with Gasteiger partial charge in [-0.15, -0.1) is 0 Å². The average Bonchev–Trinajstić information content (AvgIpc) is 2.99. The molecule has 1 aliphatic rings. The Morgan fingerprint density at radius 2 is 2.39 bits per heavy atom. The van der Waals surface area contributed by atoms with Crippen molar-refractivity contribution < 1.29 is 9.18 Å². The zero-order chi connectivity index (χ0) is 12.5. The molecule has 3 rings (SSSR count). The molecule has 1 atom stereocenters. The predicted octanol–water partition coefficient (Wildman–Crippen LogP) is 1.36. The third-order valence-electron chi connectivity index (χ3n) is 3.14. The Kier molecular flexibility index (Phi) is 2.55. The van der Waals surface area contributed by atoms with Crippen LogP contribution in [0.1, 0.15) is 34.1 Å². The van der Waals surface area contributed by atoms with Gasteiger partial charge in [0.25, 0.3) is 5.91 Å².